The molecule has 1 rings (SSSR count). The zero-order chi connectivity index (χ0) is 16.0. The van der Waals surface area contributed by atoms with Gasteiger partial charge >= 0.3 is 0 Å². The van der Waals surface area contributed by atoms with Gasteiger partial charge in [0.15, 0.2) is 0 Å². The molecule has 5 heteroatoms. The average molecular weight is 291 g/mol. The van der Waals surface area contributed by atoms with Gasteiger partial charge in [-0.2, -0.15) is 0 Å². The number of carbonyl (C=O) groups excluding carboxylic acids is 2. The molecule has 0 aliphatic carbocycles. The highest BCUT2D eigenvalue weighted by Crippen LogP contribution is 2.15. The minimum Gasteiger partial charge on any atom is -0.351 e. The summed E-state index contributed by atoms with van der Waals surface area (Å²) >= 11 is 0. The molecule has 0 saturated heterocycles. The number of carbonyl (C=O) groups is 2. The Balaban J connectivity index is 2.65. The van der Waals surface area contributed by atoms with E-state index in [1.165, 1.54) is 6.92 Å². The van der Waals surface area contributed by atoms with Gasteiger partial charge in [-0.3, -0.25) is 9.59 Å². The monoisotopic (exact) mass is 291 g/mol. The lowest BCUT2D eigenvalue weighted by Gasteiger charge is -2.28. The van der Waals surface area contributed by atoms with Gasteiger partial charge < -0.3 is 15.5 Å². The summed E-state index contributed by atoms with van der Waals surface area (Å²) in [5.41, 5.74) is 1.17. The summed E-state index contributed by atoms with van der Waals surface area (Å²) in [6, 6.07) is 6.93. The van der Waals surface area contributed by atoms with E-state index in [-0.39, 0.29) is 17.2 Å². The van der Waals surface area contributed by atoms with Crippen molar-refractivity contribution in [3.8, 4) is 0 Å². The number of amides is 2. The second-order valence-corrected chi connectivity index (χ2v) is 6.35. The van der Waals surface area contributed by atoms with Crippen LogP contribution in [0.3, 0.4) is 0 Å². The van der Waals surface area contributed by atoms with Crippen LogP contribution in [-0.4, -0.2) is 43.9 Å². The molecule has 0 aliphatic heterocycles. The lowest BCUT2D eigenvalue weighted by Crippen LogP contribution is -2.39. The fourth-order valence-corrected chi connectivity index (χ4v) is 2.28. The van der Waals surface area contributed by atoms with Crippen molar-refractivity contribution in [2.75, 3.05) is 32.5 Å². The first kappa shape index (κ1) is 17.2. The fraction of sp³-hybridized carbons (Fsp3) is 0.500. The number of nitrogens with zero attached hydrogens (tertiary/aromatic N) is 1. The van der Waals surface area contributed by atoms with Gasteiger partial charge in [-0.05, 0) is 37.7 Å². The molecule has 0 saturated carbocycles. The smallest absolute Gasteiger partial charge is 0.251 e. The lowest BCUT2D eigenvalue weighted by atomic mass is 9.93. The van der Waals surface area contributed by atoms with E-state index in [4.69, 9.17) is 0 Å². The minimum atomic E-state index is -0.153. The van der Waals surface area contributed by atoms with E-state index in [0.717, 1.165) is 6.54 Å². The SMILES string of the molecule is CC(=O)Nc1cccc(C(=O)NCC(C)(C)CN(C)C)c1. The third-order valence-corrected chi connectivity index (χ3v) is 2.92. The van der Waals surface area contributed by atoms with Crippen LogP contribution in [0.5, 0.6) is 0 Å². The maximum atomic E-state index is 12.2. The van der Waals surface area contributed by atoms with Gasteiger partial charge in [0.2, 0.25) is 5.91 Å². The van der Waals surface area contributed by atoms with Crippen LogP contribution in [0.25, 0.3) is 0 Å². The van der Waals surface area contributed by atoms with Crippen LogP contribution >= 0.6 is 0 Å². The second-order valence-electron chi connectivity index (χ2n) is 6.35. The number of rotatable bonds is 6. The molecule has 0 atom stereocenters. The first-order valence-electron chi connectivity index (χ1n) is 7.00. The highest BCUT2D eigenvalue weighted by atomic mass is 16.2. The van der Waals surface area contributed by atoms with Gasteiger partial charge in [0.05, 0.1) is 0 Å². The molecular formula is C16H25N3O2. The van der Waals surface area contributed by atoms with Crippen molar-refractivity contribution in [3.05, 3.63) is 29.8 Å². The van der Waals surface area contributed by atoms with Crippen LogP contribution in [0.1, 0.15) is 31.1 Å². The lowest BCUT2D eigenvalue weighted by molar-refractivity contribution is -0.114. The van der Waals surface area contributed by atoms with Crippen LogP contribution in [0.15, 0.2) is 24.3 Å². The van der Waals surface area contributed by atoms with E-state index in [1.54, 1.807) is 24.3 Å². The molecule has 0 spiro atoms. The largest absolute Gasteiger partial charge is 0.351 e. The third-order valence-electron chi connectivity index (χ3n) is 2.92. The number of hydrogen-bond donors (Lipinski definition) is 2. The molecule has 0 heterocycles. The normalized spacial score (nSPS) is 11.3. The maximum Gasteiger partial charge on any atom is 0.251 e. The molecule has 21 heavy (non-hydrogen) atoms. The van der Waals surface area contributed by atoms with Crippen LogP contribution in [0, 0.1) is 5.41 Å². The highest BCUT2D eigenvalue weighted by Gasteiger charge is 2.20. The third kappa shape index (κ3) is 6.40. The highest BCUT2D eigenvalue weighted by molar-refractivity contribution is 5.96. The quantitative estimate of drug-likeness (QED) is 0.842. The van der Waals surface area contributed by atoms with Crippen molar-refractivity contribution in [1.29, 1.82) is 0 Å². The topological polar surface area (TPSA) is 61.4 Å². The number of hydrogen-bond acceptors (Lipinski definition) is 3. The van der Waals surface area contributed by atoms with Crippen molar-refractivity contribution >= 4 is 17.5 Å². The van der Waals surface area contributed by atoms with E-state index < -0.39 is 0 Å². The number of anilines is 1. The Morgan fingerprint density at radius 2 is 1.90 bits per heavy atom. The molecule has 0 radical (unpaired) electrons. The van der Waals surface area contributed by atoms with Gasteiger partial charge in [0, 0.05) is 31.3 Å². The van der Waals surface area contributed by atoms with Gasteiger partial charge in [0.1, 0.15) is 0 Å². The first-order chi connectivity index (χ1) is 9.69. The van der Waals surface area contributed by atoms with E-state index in [0.29, 0.717) is 17.8 Å². The van der Waals surface area contributed by atoms with Crippen LogP contribution < -0.4 is 10.6 Å². The number of nitrogens with one attached hydrogen (secondary N) is 2. The van der Waals surface area contributed by atoms with E-state index in [1.807, 2.05) is 14.1 Å². The van der Waals surface area contributed by atoms with Crippen LogP contribution in [-0.2, 0) is 4.79 Å². The molecular weight excluding hydrogens is 266 g/mol. The summed E-state index contributed by atoms with van der Waals surface area (Å²) in [5, 5.41) is 5.62. The molecule has 0 bridgehead atoms. The van der Waals surface area contributed by atoms with Gasteiger partial charge in [-0.1, -0.05) is 19.9 Å². The van der Waals surface area contributed by atoms with Crippen molar-refractivity contribution in [2.45, 2.75) is 20.8 Å². The second kappa shape index (κ2) is 7.22. The Bertz CT molecular complexity index is 510. The Kier molecular flexibility index (Phi) is 5.90. The summed E-state index contributed by atoms with van der Waals surface area (Å²) in [6.07, 6.45) is 0. The van der Waals surface area contributed by atoms with Crippen molar-refractivity contribution in [3.63, 3.8) is 0 Å². The van der Waals surface area contributed by atoms with Gasteiger partial charge in [-0.15, -0.1) is 0 Å². The van der Waals surface area contributed by atoms with E-state index in [9.17, 15) is 9.59 Å². The Morgan fingerprint density at radius 3 is 2.48 bits per heavy atom. The zero-order valence-electron chi connectivity index (χ0n) is 13.5. The molecule has 1 aromatic carbocycles. The maximum absolute atomic E-state index is 12.2. The summed E-state index contributed by atoms with van der Waals surface area (Å²) in [5.74, 6) is -0.284. The summed E-state index contributed by atoms with van der Waals surface area (Å²) in [4.78, 5) is 25.3. The predicted molar refractivity (Wildman–Crippen MR) is 85.4 cm³/mol. The molecule has 2 amide bonds. The van der Waals surface area contributed by atoms with Crippen molar-refractivity contribution in [2.24, 2.45) is 5.41 Å². The van der Waals surface area contributed by atoms with Crippen LogP contribution in [0.2, 0.25) is 0 Å². The number of benzene rings is 1. The molecule has 0 fully saturated rings. The molecule has 5 nitrogen and oxygen atoms in total. The minimum absolute atomic E-state index is 0.00555. The Hall–Kier alpha value is -1.88. The molecule has 116 valence electrons. The molecule has 0 aliphatic rings. The first-order valence-corrected chi connectivity index (χ1v) is 7.00. The van der Waals surface area contributed by atoms with E-state index >= 15 is 0 Å². The average Bonchev–Trinajstić information content (AvgIpc) is 2.34. The van der Waals surface area contributed by atoms with Crippen molar-refractivity contribution in [1.82, 2.24) is 10.2 Å². The molecule has 1 aromatic rings. The van der Waals surface area contributed by atoms with Gasteiger partial charge in [-0.25, -0.2) is 0 Å². The summed E-state index contributed by atoms with van der Waals surface area (Å²) < 4.78 is 0. The van der Waals surface area contributed by atoms with E-state index in [2.05, 4.69) is 29.4 Å². The molecule has 0 aromatic heterocycles. The predicted octanol–water partition coefficient (Wildman–Crippen LogP) is 1.96. The Morgan fingerprint density at radius 1 is 1.24 bits per heavy atom. The van der Waals surface area contributed by atoms with Crippen molar-refractivity contribution < 1.29 is 9.59 Å². The molecule has 0 unspecified atom stereocenters. The fourth-order valence-electron chi connectivity index (χ4n) is 2.28. The summed E-state index contributed by atoms with van der Waals surface area (Å²) in [7, 11) is 4.03. The van der Waals surface area contributed by atoms with Gasteiger partial charge in [0.25, 0.3) is 5.91 Å². The molecule has 2 N–H and O–H groups in total. The standard InChI is InChI=1S/C16H25N3O2/c1-12(20)18-14-8-6-7-13(9-14)15(21)17-10-16(2,3)11-19(4)5/h6-9H,10-11H2,1-5H3,(H,17,21)(H,18,20). The Labute approximate surface area is 126 Å². The van der Waals surface area contributed by atoms with Crippen LogP contribution in [0.4, 0.5) is 5.69 Å². The summed E-state index contributed by atoms with van der Waals surface area (Å²) in [6.45, 7) is 7.14. The zero-order valence-corrected chi connectivity index (χ0v) is 13.5.